The molecule has 1 aromatic rings. The van der Waals surface area contributed by atoms with Gasteiger partial charge in [-0.1, -0.05) is 0 Å². The molecule has 1 N–H and O–H groups in total. The third kappa shape index (κ3) is 2.16. The summed E-state index contributed by atoms with van der Waals surface area (Å²) in [6.07, 6.45) is 0.444. The number of rotatable bonds is 2. The van der Waals surface area contributed by atoms with Crippen LogP contribution in [0.5, 0.6) is 0 Å². The average molecular weight is 223 g/mol. The van der Waals surface area contributed by atoms with Crippen molar-refractivity contribution in [3.05, 3.63) is 24.3 Å². The van der Waals surface area contributed by atoms with Crippen LogP contribution in [0.1, 0.15) is 6.42 Å². The molecule has 1 unspecified atom stereocenters. The molecule has 0 spiro atoms. The molecule has 15 heavy (non-hydrogen) atoms. The first kappa shape index (κ1) is 10.5. The highest BCUT2D eigenvalue weighted by Crippen LogP contribution is 2.25. The normalized spacial score (nSPS) is 21.1. The van der Waals surface area contributed by atoms with E-state index in [0.29, 0.717) is 13.0 Å². The molecule has 1 aliphatic heterocycles. The zero-order chi connectivity index (χ0) is 10.8. The quantitative estimate of drug-likeness (QED) is 0.742. The highest BCUT2D eigenvalue weighted by Gasteiger charge is 2.29. The topological polar surface area (TPSA) is 40.5 Å². The zero-order valence-corrected chi connectivity index (χ0v) is 9.15. The lowest BCUT2D eigenvalue weighted by molar-refractivity contribution is -0.117. The van der Waals surface area contributed by atoms with E-state index in [4.69, 9.17) is 5.11 Å². The average Bonchev–Trinajstić information content (AvgIpc) is 2.61. The molecule has 1 heterocycles. The van der Waals surface area contributed by atoms with Gasteiger partial charge in [0.25, 0.3) is 0 Å². The number of aliphatic hydroxyl groups excluding tert-OH is 1. The van der Waals surface area contributed by atoms with Crippen molar-refractivity contribution in [2.75, 3.05) is 18.1 Å². The molecule has 0 aromatic heterocycles. The van der Waals surface area contributed by atoms with Crippen LogP contribution in [0.25, 0.3) is 0 Å². The van der Waals surface area contributed by atoms with Gasteiger partial charge in [0.05, 0.1) is 0 Å². The molecule has 0 saturated carbocycles. The number of amides is 1. The SMILES string of the molecule is O=C1CC(CO)CN1c1ccc(S)cc1. The minimum atomic E-state index is 0.0763. The van der Waals surface area contributed by atoms with Gasteiger partial charge in [-0.05, 0) is 24.3 Å². The standard InChI is InChI=1S/C11H13NO2S/c13-7-8-5-11(14)12(6-8)9-1-3-10(15)4-2-9/h1-4,8,13,15H,5-7H2. The van der Waals surface area contributed by atoms with Crippen LogP contribution in [0.4, 0.5) is 5.69 Å². The molecule has 1 amide bonds. The van der Waals surface area contributed by atoms with Crippen LogP contribution < -0.4 is 4.90 Å². The lowest BCUT2D eigenvalue weighted by atomic mass is 10.1. The van der Waals surface area contributed by atoms with Gasteiger partial charge in [0.2, 0.25) is 5.91 Å². The molecule has 4 heteroatoms. The van der Waals surface area contributed by atoms with E-state index in [0.717, 1.165) is 10.6 Å². The van der Waals surface area contributed by atoms with Crippen molar-refractivity contribution in [1.82, 2.24) is 0 Å². The maximum absolute atomic E-state index is 11.6. The Balaban J connectivity index is 2.18. The van der Waals surface area contributed by atoms with Crippen LogP contribution in [0.15, 0.2) is 29.2 Å². The third-order valence-electron chi connectivity index (χ3n) is 2.62. The van der Waals surface area contributed by atoms with Crippen molar-refractivity contribution in [2.24, 2.45) is 5.92 Å². The van der Waals surface area contributed by atoms with Crippen LogP contribution in [-0.4, -0.2) is 24.2 Å². The first-order valence-electron chi connectivity index (χ1n) is 4.91. The first-order valence-corrected chi connectivity index (χ1v) is 5.35. The summed E-state index contributed by atoms with van der Waals surface area (Å²) in [6.45, 7) is 0.689. The molecule has 0 radical (unpaired) electrons. The van der Waals surface area contributed by atoms with Crippen molar-refractivity contribution in [3.8, 4) is 0 Å². The van der Waals surface area contributed by atoms with Gasteiger partial charge in [0.1, 0.15) is 0 Å². The summed E-state index contributed by atoms with van der Waals surface area (Å²) < 4.78 is 0. The Morgan fingerprint density at radius 2 is 2.07 bits per heavy atom. The number of anilines is 1. The van der Waals surface area contributed by atoms with Crippen LogP contribution >= 0.6 is 12.6 Å². The summed E-state index contributed by atoms with van der Waals surface area (Å²) in [4.78, 5) is 14.2. The van der Waals surface area contributed by atoms with Gasteiger partial charge in [0.15, 0.2) is 0 Å². The van der Waals surface area contributed by atoms with E-state index in [9.17, 15) is 4.79 Å². The van der Waals surface area contributed by atoms with Crippen molar-refractivity contribution in [3.63, 3.8) is 0 Å². The fourth-order valence-electron chi connectivity index (χ4n) is 1.79. The second kappa shape index (κ2) is 4.24. The number of thiol groups is 1. The van der Waals surface area contributed by atoms with E-state index in [-0.39, 0.29) is 18.4 Å². The Kier molecular flexibility index (Phi) is 2.98. The van der Waals surface area contributed by atoms with Gasteiger partial charge < -0.3 is 10.0 Å². The molecule has 2 rings (SSSR count). The number of nitrogens with zero attached hydrogens (tertiary/aromatic N) is 1. The first-order chi connectivity index (χ1) is 7.20. The molecule has 1 fully saturated rings. The van der Waals surface area contributed by atoms with E-state index < -0.39 is 0 Å². The minimum absolute atomic E-state index is 0.0763. The smallest absolute Gasteiger partial charge is 0.227 e. The molecule has 1 saturated heterocycles. The Labute approximate surface area is 94.1 Å². The second-order valence-corrected chi connectivity index (χ2v) is 4.29. The summed E-state index contributed by atoms with van der Waals surface area (Å²) in [5.41, 5.74) is 0.883. The molecule has 3 nitrogen and oxygen atoms in total. The van der Waals surface area contributed by atoms with Gasteiger partial charge in [-0.2, -0.15) is 0 Å². The summed E-state index contributed by atoms with van der Waals surface area (Å²) in [5, 5.41) is 9.00. The Morgan fingerprint density at radius 3 is 2.60 bits per heavy atom. The van der Waals surface area contributed by atoms with E-state index in [1.165, 1.54) is 0 Å². The maximum Gasteiger partial charge on any atom is 0.227 e. The number of hydrogen-bond acceptors (Lipinski definition) is 3. The van der Waals surface area contributed by atoms with Gasteiger partial charge in [-0.25, -0.2) is 0 Å². The van der Waals surface area contributed by atoms with Gasteiger partial charge in [-0.15, -0.1) is 12.6 Å². The lowest BCUT2D eigenvalue weighted by Crippen LogP contribution is -2.24. The van der Waals surface area contributed by atoms with E-state index >= 15 is 0 Å². The zero-order valence-electron chi connectivity index (χ0n) is 8.26. The highest BCUT2D eigenvalue weighted by molar-refractivity contribution is 7.80. The van der Waals surface area contributed by atoms with Gasteiger partial charge in [-0.3, -0.25) is 4.79 Å². The van der Waals surface area contributed by atoms with E-state index in [1.807, 2.05) is 24.3 Å². The Bertz CT molecular complexity index is 363. The number of benzene rings is 1. The summed E-state index contributed by atoms with van der Waals surface area (Å²) in [5.74, 6) is 0.161. The van der Waals surface area contributed by atoms with Crippen LogP contribution in [0.2, 0.25) is 0 Å². The van der Waals surface area contributed by atoms with Gasteiger partial charge >= 0.3 is 0 Å². The fourth-order valence-corrected chi connectivity index (χ4v) is 1.94. The minimum Gasteiger partial charge on any atom is -0.396 e. The summed E-state index contributed by atoms with van der Waals surface area (Å²) in [6, 6.07) is 7.47. The van der Waals surface area contributed by atoms with Gasteiger partial charge in [0, 0.05) is 36.1 Å². The van der Waals surface area contributed by atoms with E-state index in [1.54, 1.807) is 4.90 Å². The third-order valence-corrected chi connectivity index (χ3v) is 2.92. The predicted octanol–water partition coefficient (Wildman–Crippen LogP) is 1.32. The summed E-state index contributed by atoms with van der Waals surface area (Å²) in [7, 11) is 0. The molecule has 0 bridgehead atoms. The van der Waals surface area contributed by atoms with Crippen LogP contribution in [0, 0.1) is 5.92 Å². The number of carbonyl (C=O) groups excluding carboxylic acids is 1. The molecular weight excluding hydrogens is 210 g/mol. The number of carbonyl (C=O) groups is 1. The summed E-state index contributed by atoms with van der Waals surface area (Å²) >= 11 is 4.19. The predicted molar refractivity (Wildman–Crippen MR) is 61.2 cm³/mol. The van der Waals surface area contributed by atoms with Crippen LogP contribution in [-0.2, 0) is 4.79 Å². The molecular formula is C11H13NO2S. The maximum atomic E-state index is 11.6. The Hall–Kier alpha value is -1.00. The Morgan fingerprint density at radius 1 is 1.40 bits per heavy atom. The molecule has 0 aliphatic carbocycles. The molecule has 1 atom stereocenters. The monoisotopic (exact) mass is 223 g/mol. The van der Waals surface area contributed by atoms with Crippen molar-refractivity contribution in [1.29, 1.82) is 0 Å². The van der Waals surface area contributed by atoms with Crippen molar-refractivity contribution >= 4 is 24.2 Å². The van der Waals surface area contributed by atoms with Crippen LogP contribution in [0.3, 0.4) is 0 Å². The highest BCUT2D eigenvalue weighted by atomic mass is 32.1. The molecule has 1 aliphatic rings. The molecule has 80 valence electrons. The number of aliphatic hydroxyl groups is 1. The molecule has 1 aromatic carbocycles. The van der Waals surface area contributed by atoms with Crippen molar-refractivity contribution in [2.45, 2.75) is 11.3 Å². The fraction of sp³-hybridized carbons (Fsp3) is 0.364. The lowest BCUT2D eigenvalue weighted by Gasteiger charge is -2.16. The van der Waals surface area contributed by atoms with Crippen molar-refractivity contribution < 1.29 is 9.90 Å². The van der Waals surface area contributed by atoms with E-state index in [2.05, 4.69) is 12.6 Å². The second-order valence-electron chi connectivity index (χ2n) is 3.77. The number of hydrogen-bond donors (Lipinski definition) is 2. The largest absolute Gasteiger partial charge is 0.396 e.